The van der Waals surface area contributed by atoms with Crippen LogP contribution in [0.15, 0.2) is 48.7 Å². The number of halogens is 2. The van der Waals surface area contributed by atoms with Crippen molar-refractivity contribution in [3.63, 3.8) is 0 Å². The Hall–Kier alpha value is -5.20. The van der Waals surface area contributed by atoms with Crippen molar-refractivity contribution in [2.75, 3.05) is 17.7 Å². The number of aromatic nitrogens is 4. The Morgan fingerprint density at radius 2 is 1.48 bits per heavy atom. The molecule has 2 aromatic carbocycles. The fraction of sp³-hybridized carbons (Fsp3) is 0.185. The van der Waals surface area contributed by atoms with Gasteiger partial charge in [0.1, 0.15) is 17.3 Å². The second-order valence-corrected chi connectivity index (χ2v) is 8.79. The normalized spacial score (nSPS) is 10.8. The first-order chi connectivity index (χ1) is 19.1. The number of aryl methyl sites for hydroxylation is 3. The van der Waals surface area contributed by atoms with Gasteiger partial charge >= 0.3 is 11.9 Å². The number of nitrogens with zero attached hydrogens (tertiary/aromatic N) is 4. The van der Waals surface area contributed by atoms with Crippen molar-refractivity contribution < 1.29 is 33.4 Å². The highest BCUT2D eigenvalue weighted by molar-refractivity contribution is 6.06. The van der Waals surface area contributed by atoms with Gasteiger partial charge < -0.3 is 20.8 Å². The highest BCUT2D eigenvalue weighted by atomic mass is 19.1. The highest BCUT2D eigenvalue weighted by Crippen LogP contribution is 2.26. The molecule has 0 fully saturated rings. The van der Waals surface area contributed by atoms with Crippen LogP contribution >= 0.6 is 0 Å². The molecular formula is C27H24F2N6O5. The fourth-order valence-corrected chi connectivity index (χ4v) is 4.15. The summed E-state index contributed by atoms with van der Waals surface area (Å²) in [4.78, 5) is 35.9. The summed E-state index contributed by atoms with van der Waals surface area (Å²) in [6, 6.07) is 9.04. The third-order valence-electron chi connectivity index (χ3n) is 6.22. The van der Waals surface area contributed by atoms with E-state index in [2.05, 4.69) is 25.9 Å². The second kappa shape index (κ2) is 11.7. The van der Waals surface area contributed by atoms with E-state index < -0.39 is 35.0 Å². The van der Waals surface area contributed by atoms with Gasteiger partial charge in [-0.1, -0.05) is 0 Å². The minimum absolute atomic E-state index is 0.0861. The summed E-state index contributed by atoms with van der Waals surface area (Å²) in [5.41, 5.74) is 0.835. The van der Waals surface area contributed by atoms with E-state index in [4.69, 9.17) is 0 Å². The lowest BCUT2D eigenvalue weighted by Crippen LogP contribution is -2.17. The first kappa shape index (κ1) is 27.8. The number of benzene rings is 2. The molecule has 4 rings (SSSR count). The second-order valence-electron chi connectivity index (χ2n) is 8.79. The molecular weight excluding hydrogens is 526 g/mol. The van der Waals surface area contributed by atoms with Gasteiger partial charge in [-0.15, -0.1) is 10.2 Å². The van der Waals surface area contributed by atoms with Crippen molar-refractivity contribution in [1.29, 1.82) is 0 Å². The number of rotatable bonds is 10. The molecule has 0 aliphatic heterocycles. The largest absolute Gasteiger partial charge is 0.478 e. The Bertz CT molecular complexity index is 1600. The molecule has 1 amide bonds. The SMILES string of the molecule is CNc1cc(CCCc2cc(NC(=O)c3ccc(-c4ccnn4C)nn3)c(C(=O)O)cc2F)c(F)cc1C(=O)O. The molecule has 0 unspecified atom stereocenters. The van der Waals surface area contributed by atoms with Crippen molar-refractivity contribution >= 4 is 29.2 Å². The van der Waals surface area contributed by atoms with Crippen LogP contribution in [0.4, 0.5) is 20.2 Å². The molecule has 2 heterocycles. The van der Waals surface area contributed by atoms with Crippen molar-refractivity contribution in [2.45, 2.75) is 19.3 Å². The molecule has 11 nitrogen and oxygen atoms in total. The summed E-state index contributed by atoms with van der Waals surface area (Å²) in [5.74, 6) is -4.97. The van der Waals surface area contributed by atoms with Gasteiger partial charge in [0.25, 0.3) is 5.91 Å². The number of hydrogen-bond donors (Lipinski definition) is 4. The number of carboxylic acid groups (broad SMARTS) is 2. The quantitative estimate of drug-likeness (QED) is 0.229. The van der Waals surface area contributed by atoms with E-state index in [1.165, 1.54) is 25.2 Å². The summed E-state index contributed by atoms with van der Waals surface area (Å²) < 4.78 is 30.8. The molecule has 0 radical (unpaired) electrons. The first-order valence-corrected chi connectivity index (χ1v) is 12.0. The van der Waals surface area contributed by atoms with E-state index in [0.717, 1.165) is 12.1 Å². The van der Waals surface area contributed by atoms with Crippen molar-refractivity contribution in [3.05, 3.63) is 88.2 Å². The third kappa shape index (κ3) is 5.93. The van der Waals surface area contributed by atoms with Gasteiger partial charge in [0, 0.05) is 26.0 Å². The molecule has 0 bridgehead atoms. The number of carboxylic acids is 2. The van der Waals surface area contributed by atoms with Gasteiger partial charge in [0.15, 0.2) is 5.69 Å². The molecule has 0 atom stereocenters. The Kier molecular flexibility index (Phi) is 8.12. The number of aromatic carboxylic acids is 2. The van der Waals surface area contributed by atoms with E-state index in [9.17, 15) is 33.4 Å². The van der Waals surface area contributed by atoms with Crippen molar-refractivity contribution in [3.8, 4) is 11.4 Å². The van der Waals surface area contributed by atoms with Crippen molar-refractivity contribution in [1.82, 2.24) is 20.0 Å². The van der Waals surface area contributed by atoms with Crippen LogP contribution in [-0.4, -0.2) is 55.1 Å². The van der Waals surface area contributed by atoms with Gasteiger partial charge in [-0.05, 0) is 72.9 Å². The maximum atomic E-state index is 14.8. The molecule has 0 aliphatic carbocycles. The molecule has 0 spiro atoms. The Balaban J connectivity index is 1.51. The van der Waals surface area contributed by atoms with Gasteiger partial charge in [-0.25, -0.2) is 18.4 Å². The van der Waals surface area contributed by atoms with Crippen LogP contribution in [0.2, 0.25) is 0 Å². The van der Waals surface area contributed by atoms with Crippen LogP contribution in [0.1, 0.15) is 48.8 Å². The van der Waals surface area contributed by atoms with Crippen molar-refractivity contribution in [2.24, 2.45) is 7.05 Å². The molecule has 0 saturated heterocycles. The molecule has 206 valence electrons. The van der Waals surface area contributed by atoms with Gasteiger partial charge in [-0.3, -0.25) is 9.48 Å². The lowest BCUT2D eigenvalue weighted by Gasteiger charge is -2.13. The fourth-order valence-electron chi connectivity index (χ4n) is 4.15. The van der Waals surface area contributed by atoms with Gasteiger partial charge in [0.2, 0.25) is 0 Å². The monoisotopic (exact) mass is 550 g/mol. The topological polar surface area (TPSA) is 159 Å². The first-order valence-electron chi connectivity index (χ1n) is 12.0. The zero-order valence-corrected chi connectivity index (χ0v) is 21.4. The molecule has 2 aromatic heterocycles. The summed E-state index contributed by atoms with van der Waals surface area (Å²) in [6.45, 7) is 0. The maximum absolute atomic E-state index is 14.8. The summed E-state index contributed by atoms with van der Waals surface area (Å²) in [6.07, 6.45) is 2.08. The average molecular weight is 551 g/mol. The smallest absolute Gasteiger partial charge is 0.337 e. The Labute approximate surface area is 226 Å². The molecule has 4 N–H and O–H groups in total. The van der Waals surface area contributed by atoms with E-state index >= 15 is 0 Å². The van der Waals surface area contributed by atoms with E-state index in [-0.39, 0.29) is 53.0 Å². The number of hydrogen-bond acceptors (Lipinski definition) is 7. The maximum Gasteiger partial charge on any atom is 0.337 e. The molecule has 40 heavy (non-hydrogen) atoms. The predicted molar refractivity (Wildman–Crippen MR) is 140 cm³/mol. The number of nitrogens with one attached hydrogen (secondary N) is 2. The van der Waals surface area contributed by atoms with Gasteiger partial charge in [0.05, 0.1) is 22.5 Å². The lowest BCUT2D eigenvalue weighted by molar-refractivity contribution is 0.0686. The minimum Gasteiger partial charge on any atom is -0.478 e. The number of carbonyl (C=O) groups excluding carboxylic acids is 1. The highest BCUT2D eigenvalue weighted by Gasteiger charge is 2.20. The number of carbonyl (C=O) groups is 3. The number of anilines is 2. The van der Waals surface area contributed by atoms with E-state index in [1.807, 2.05) is 0 Å². The number of amides is 1. The van der Waals surface area contributed by atoms with Crippen LogP contribution in [0.25, 0.3) is 11.4 Å². The Morgan fingerprint density at radius 3 is 1.98 bits per heavy atom. The Morgan fingerprint density at radius 1 is 0.875 bits per heavy atom. The van der Waals surface area contributed by atoms with E-state index in [0.29, 0.717) is 11.4 Å². The summed E-state index contributed by atoms with van der Waals surface area (Å²) >= 11 is 0. The molecule has 0 aliphatic rings. The zero-order chi connectivity index (χ0) is 29.0. The van der Waals surface area contributed by atoms with Crippen LogP contribution < -0.4 is 10.6 Å². The lowest BCUT2D eigenvalue weighted by atomic mass is 9.99. The van der Waals surface area contributed by atoms with Crippen LogP contribution in [-0.2, 0) is 19.9 Å². The third-order valence-corrected chi connectivity index (χ3v) is 6.22. The average Bonchev–Trinajstić information content (AvgIpc) is 3.36. The molecule has 0 saturated carbocycles. The van der Waals surface area contributed by atoms with Crippen LogP contribution in [0.5, 0.6) is 0 Å². The zero-order valence-electron chi connectivity index (χ0n) is 21.4. The van der Waals surface area contributed by atoms with Gasteiger partial charge in [-0.2, -0.15) is 5.10 Å². The molecule has 13 heteroatoms. The van der Waals surface area contributed by atoms with E-state index in [1.54, 1.807) is 30.1 Å². The van der Waals surface area contributed by atoms with Crippen LogP contribution in [0, 0.1) is 11.6 Å². The van der Waals surface area contributed by atoms with Crippen LogP contribution in [0.3, 0.4) is 0 Å². The summed E-state index contributed by atoms with van der Waals surface area (Å²) in [5, 5.41) is 35.9. The standard InChI is InChI=1S/C27H24F2N6O5/c1-30-22-10-14(18(28)12-16(22)26(37)38)4-3-5-15-11-23(17(27(39)40)13-19(15)29)32-25(36)21-7-6-20(33-34-21)24-8-9-31-35(24)2/h6-13,30H,3-5H2,1-2H3,(H,32,36)(H,37,38)(H,39,40). The minimum atomic E-state index is -1.45. The predicted octanol–water partition coefficient (Wildman–Crippen LogP) is 4.02. The molecule has 4 aromatic rings. The summed E-state index contributed by atoms with van der Waals surface area (Å²) in [7, 11) is 3.24.